The summed E-state index contributed by atoms with van der Waals surface area (Å²) >= 11 is 0. The minimum Gasteiger partial charge on any atom is -0.497 e. The molecule has 2 heteroatoms. The van der Waals surface area contributed by atoms with Crippen molar-refractivity contribution in [3.63, 3.8) is 0 Å². The number of methoxy groups -OCH3 is 1. The van der Waals surface area contributed by atoms with Crippen molar-refractivity contribution in [1.29, 1.82) is 0 Å². The molecule has 2 nitrogen and oxygen atoms in total. The van der Waals surface area contributed by atoms with Gasteiger partial charge in [0.25, 0.3) is 0 Å². The summed E-state index contributed by atoms with van der Waals surface area (Å²) in [4.78, 5) is 13.3. The highest BCUT2D eigenvalue weighted by Crippen LogP contribution is 2.60. The van der Waals surface area contributed by atoms with Gasteiger partial charge in [-0.3, -0.25) is 4.79 Å². The Kier molecular flexibility index (Phi) is 4.52. The molecule has 0 aromatic heterocycles. The van der Waals surface area contributed by atoms with E-state index in [-0.39, 0.29) is 11.7 Å². The van der Waals surface area contributed by atoms with Gasteiger partial charge in [0.05, 0.1) is 7.11 Å². The van der Waals surface area contributed by atoms with Crippen LogP contribution in [0.1, 0.15) is 33.8 Å². The van der Waals surface area contributed by atoms with Gasteiger partial charge >= 0.3 is 0 Å². The molecule has 132 valence electrons. The molecule has 2 atom stereocenters. The summed E-state index contributed by atoms with van der Waals surface area (Å²) in [5, 5.41) is 0. The predicted molar refractivity (Wildman–Crippen MR) is 107 cm³/mol. The largest absolute Gasteiger partial charge is 0.497 e. The first-order chi connectivity index (χ1) is 13.2. The van der Waals surface area contributed by atoms with Gasteiger partial charge in [0.15, 0.2) is 5.78 Å². The van der Waals surface area contributed by atoms with Crippen molar-refractivity contribution in [2.24, 2.45) is 5.41 Å². The zero-order valence-electron chi connectivity index (χ0n) is 15.2. The first-order valence-corrected chi connectivity index (χ1v) is 9.05. The van der Waals surface area contributed by atoms with E-state index in [0.717, 1.165) is 23.3 Å². The fourth-order valence-electron chi connectivity index (χ4n) is 3.50. The van der Waals surface area contributed by atoms with Gasteiger partial charge in [0, 0.05) is 17.0 Å². The molecule has 27 heavy (non-hydrogen) atoms. The van der Waals surface area contributed by atoms with Crippen LogP contribution in [0, 0.1) is 17.3 Å². The quantitative estimate of drug-likeness (QED) is 0.482. The Morgan fingerprint density at radius 3 is 2.19 bits per heavy atom. The fourth-order valence-corrected chi connectivity index (χ4v) is 3.50. The highest BCUT2D eigenvalue weighted by molar-refractivity contribution is 6.05. The van der Waals surface area contributed by atoms with E-state index >= 15 is 0 Å². The van der Waals surface area contributed by atoms with E-state index in [1.165, 1.54) is 5.56 Å². The van der Waals surface area contributed by atoms with E-state index in [1.54, 1.807) is 7.11 Å². The Morgan fingerprint density at radius 1 is 0.926 bits per heavy atom. The lowest BCUT2D eigenvalue weighted by Gasteiger charge is -2.10. The molecule has 1 aliphatic carbocycles. The van der Waals surface area contributed by atoms with Crippen LogP contribution in [0.3, 0.4) is 0 Å². The minimum atomic E-state index is -0.650. The number of ketones is 1. The molecule has 1 saturated carbocycles. The van der Waals surface area contributed by atoms with Gasteiger partial charge in [0.2, 0.25) is 0 Å². The molecule has 3 aromatic carbocycles. The summed E-state index contributed by atoms with van der Waals surface area (Å²) in [6.45, 7) is 0. The predicted octanol–water partition coefficient (Wildman–Crippen LogP) is 5.10. The zero-order valence-corrected chi connectivity index (χ0v) is 15.2. The number of ether oxygens (including phenoxy) is 1. The summed E-state index contributed by atoms with van der Waals surface area (Å²) in [5.41, 5.74) is 2.13. The number of hydrogen-bond acceptors (Lipinski definition) is 2. The highest BCUT2D eigenvalue weighted by Gasteiger charge is 2.59. The average molecular weight is 352 g/mol. The van der Waals surface area contributed by atoms with Crippen molar-refractivity contribution in [3.05, 3.63) is 102 Å². The van der Waals surface area contributed by atoms with Crippen molar-refractivity contribution in [3.8, 4) is 17.6 Å². The smallest absolute Gasteiger partial charge is 0.181 e. The van der Waals surface area contributed by atoms with Gasteiger partial charge in [-0.2, -0.15) is 0 Å². The second-order valence-electron chi connectivity index (χ2n) is 6.81. The Hall–Kier alpha value is -3.31. The van der Waals surface area contributed by atoms with Crippen LogP contribution in [0.2, 0.25) is 0 Å². The zero-order chi connectivity index (χ0) is 18.7. The Morgan fingerprint density at radius 2 is 1.56 bits per heavy atom. The first-order valence-electron chi connectivity index (χ1n) is 9.05. The number of benzene rings is 3. The third-order valence-corrected chi connectivity index (χ3v) is 5.12. The summed E-state index contributed by atoms with van der Waals surface area (Å²) in [5.74, 6) is 7.59. The molecule has 0 bridgehead atoms. The molecule has 0 amide bonds. The van der Waals surface area contributed by atoms with E-state index in [1.807, 2.05) is 72.8 Å². The molecular formula is C25H20O2. The normalized spacial score (nSPS) is 20.3. The number of carbonyl (C=O) groups is 1. The molecular weight excluding hydrogens is 332 g/mol. The van der Waals surface area contributed by atoms with Gasteiger partial charge in [-0.1, -0.05) is 72.5 Å². The van der Waals surface area contributed by atoms with E-state index in [9.17, 15) is 4.79 Å². The summed E-state index contributed by atoms with van der Waals surface area (Å²) in [6.07, 6.45) is 0.758. The molecule has 3 aromatic rings. The topological polar surface area (TPSA) is 26.3 Å². The van der Waals surface area contributed by atoms with Crippen molar-refractivity contribution in [1.82, 2.24) is 0 Å². The molecule has 4 rings (SSSR count). The van der Waals surface area contributed by atoms with Crippen molar-refractivity contribution >= 4 is 5.78 Å². The maximum atomic E-state index is 13.3. The minimum absolute atomic E-state index is 0.109. The Balaban J connectivity index is 1.70. The number of carbonyl (C=O) groups excluding carboxylic acids is 1. The standard InChI is InChI=1S/C25H20O2/c1-27-22-14-12-19(13-15-22)16-17-25(24(26)21-10-6-3-7-11-21)18-23(25)20-8-4-2-5-9-20/h2-15,23H,18H2,1H3. The van der Waals surface area contributed by atoms with Gasteiger partial charge in [-0.05, 0) is 36.2 Å². The van der Waals surface area contributed by atoms with Crippen LogP contribution in [-0.4, -0.2) is 12.9 Å². The van der Waals surface area contributed by atoms with Gasteiger partial charge in [0.1, 0.15) is 11.2 Å². The second-order valence-corrected chi connectivity index (χ2v) is 6.81. The van der Waals surface area contributed by atoms with Gasteiger partial charge in [-0.15, -0.1) is 0 Å². The lowest BCUT2D eigenvalue weighted by Crippen LogP contribution is -2.16. The van der Waals surface area contributed by atoms with Gasteiger partial charge in [-0.25, -0.2) is 0 Å². The van der Waals surface area contributed by atoms with E-state index < -0.39 is 5.41 Å². The average Bonchev–Trinajstić information content (AvgIpc) is 3.49. The number of hydrogen-bond donors (Lipinski definition) is 0. The number of rotatable bonds is 4. The first kappa shape index (κ1) is 17.1. The van der Waals surface area contributed by atoms with Crippen LogP contribution >= 0.6 is 0 Å². The molecule has 0 N–H and O–H groups in total. The molecule has 1 aliphatic rings. The van der Waals surface area contributed by atoms with E-state index in [2.05, 4.69) is 24.0 Å². The second kappa shape index (κ2) is 7.13. The van der Waals surface area contributed by atoms with Crippen LogP contribution < -0.4 is 4.74 Å². The lowest BCUT2D eigenvalue weighted by molar-refractivity contribution is 0.0932. The maximum absolute atomic E-state index is 13.3. The highest BCUT2D eigenvalue weighted by atomic mass is 16.5. The lowest BCUT2D eigenvalue weighted by atomic mass is 9.90. The molecule has 0 aliphatic heterocycles. The molecule has 0 radical (unpaired) electrons. The molecule has 0 heterocycles. The molecule has 0 spiro atoms. The fraction of sp³-hybridized carbons (Fsp3) is 0.160. The molecule has 0 saturated heterocycles. The van der Waals surface area contributed by atoms with E-state index in [0.29, 0.717) is 0 Å². The third kappa shape index (κ3) is 3.37. The van der Waals surface area contributed by atoms with Gasteiger partial charge < -0.3 is 4.74 Å². The van der Waals surface area contributed by atoms with Crippen LogP contribution in [-0.2, 0) is 0 Å². The third-order valence-electron chi connectivity index (χ3n) is 5.12. The van der Waals surface area contributed by atoms with Crippen LogP contribution in [0.15, 0.2) is 84.9 Å². The summed E-state index contributed by atoms with van der Waals surface area (Å²) < 4.78 is 5.20. The van der Waals surface area contributed by atoms with Crippen LogP contribution in [0.25, 0.3) is 0 Å². The molecule has 2 unspecified atom stereocenters. The SMILES string of the molecule is COc1ccc(C#CC2(C(=O)c3ccccc3)CC2c2ccccc2)cc1. The van der Waals surface area contributed by atoms with Crippen molar-refractivity contribution in [2.75, 3.05) is 7.11 Å². The Labute approximate surface area is 159 Å². The maximum Gasteiger partial charge on any atom is 0.181 e. The molecule has 1 fully saturated rings. The van der Waals surface area contributed by atoms with Crippen molar-refractivity contribution in [2.45, 2.75) is 12.3 Å². The summed E-state index contributed by atoms with van der Waals surface area (Å²) in [7, 11) is 1.64. The summed E-state index contributed by atoms with van der Waals surface area (Å²) in [6, 6.07) is 27.3. The van der Waals surface area contributed by atoms with E-state index in [4.69, 9.17) is 4.74 Å². The van der Waals surface area contributed by atoms with Crippen LogP contribution in [0.4, 0.5) is 0 Å². The van der Waals surface area contributed by atoms with Crippen LogP contribution in [0.5, 0.6) is 5.75 Å². The van der Waals surface area contributed by atoms with Crippen molar-refractivity contribution < 1.29 is 9.53 Å². The Bertz CT molecular complexity index is 995. The number of Topliss-reactive ketones (excluding diaryl/α,β-unsaturated/α-hetero) is 1. The monoisotopic (exact) mass is 352 g/mol.